The molecule has 0 bridgehead atoms. The van der Waals surface area contributed by atoms with Crippen molar-refractivity contribution in [1.29, 1.82) is 0 Å². The second-order valence-electron chi connectivity index (χ2n) is 7.46. The summed E-state index contributed by atoms with van der Waals surface area (Å²) in [5, 5.41) is 14.5. The molecular weight excluding hydrogens is 420 g/mol. The predicted octanol–water partition coefficient (Wildman–Crippen LogP) is 4.75. The molecule has 0 aliphatic heterocycles. The largest absolute Gasteiger partial charge is 0.481 e. The van der Waals surface area contributed by atoms with Gasteiger partial charge in [0.25, 0.3) is 5.89 Å². The number of ether oxygens (including phenoxy) is 1. The van der Waals surface area contributed by atoms with Crippen LogP contribution in [-0.4, -0.2) is 36.9 Å². The summed E-state index contributed by atoms with van der Waals surface area (Å²) < 4.78 is 13.0. The number of hydrogen-bond donors (Lipinski definition) is 1. The molecule has 4 rings (SSSR count). The van der Waals surface area contributed by atoms with E-state index >= 15 is 0 Å². The lowest BCUT2D eigenvalue weighted by molar-refractivity contribution is -0.136. The van der Waals surface area contributed by atoms with Gasteiger partial charge in [0.15, 0.2) is 0 Å². The zero-order valence-corrected chi connectivity index (χ0v) is 18.1. The van der Waals surface area contributed by atoms with Gasteiger partial charge in [-0.3, -0.25) is 4.79 Å². The zero-order valence-electron chi connectivity index (χ0n) is 17.3. The van der Waals surface area contributed by atoms with E-state index in [4.69, 9.17) is 26.0 Å². The number of halogens is 1. The number of aryl methyl sites for hydroxylation is 2. The maximum Gasteiger partial charge on any atom is 0.303 e. The number of nitrogens with zero attached hydrogens (tertiary/aromatic N) is 4. The van der Waals surface area contributed by atoms with Crippen molar-refractivity contribution in [3.63, 3.8) is 0 Å². The summed E-state index contributed by atoms with van der Waals surface area (Å²) in [4.78, 5) is 19.8. The van der Waals surface area contributed by atoms with E-state index in [1.807, 2.05) is 49.9 Å². The first-order chi connectivity index (χ1) is 14.8. The number of para-hydroxylation sites is 1. The van der Waals surface area contributed by atoms with E-state index in [-0.39, 0.29) is 18.4 Å². The molecule has 9 heteroatoms. The molecule has 31 heavy (non-hydrogen) atoms. The third-order valence-corrected chi connectivity index (χ3v) is 5.03. The minimum Gasteiger partial charge on any atom is -0.481 e. The Balaban J connectivity index is 1.69. The fraction of sp³-hybridized carbons (Fsp3) is 0.273. The SMILES string of the molecule is CC(C)Oc1ncc(-c2nc(-c3cccc4c(CCC(=O)O)cn(C)c34)no2)cc1Cl. The number of benzene rings is 1. The second kappa shape index (κ2) is 8.39. The number of pyridine rings is 1. The van der Waals surface area contributed by atoms with Gasteiger partial charge in [0.05, 0.1) is 17.2 Å². The maximum atomic E-state index is 11.0. The van der Waals surface area contributed by atoms with Crippen LogP contribution in [-0.2, 0) is 18.3 Å². The van der Waals surface area contributed by atoms with Crippen LogP contribution >= 0.6 is 11.6 Å². The highest BCUT2D eigenvalue weighted by Crippen LogP contribution is 2.33. The fourth-order valence-corrected chi connectivity index (χ4v) is 3.69. The molecule has 0 aliphatic carbocycles. The van der Waals surface area contributed by atoms with E-state index in [1.165, 1.54) is 0 Å². The Morgan fingerprint density at radius 2 is 2.16 bits per heavy atom. The molecule has 3 aromatic heterocycles. The Hall–Kier alpha value is -3.39. The van der Waals surface area contributed by atoms with Gasteiger partial charge < -0.3 is 18.9 Å². The van der Waals surface area contributed by atoms with E-state index in [1.54, 1.807) is 12.3 Å². The first-order valence-electron chi connectivity index (χ1n) is 9.79. The van der Waals surface area contributed by atoms with E-state index < -0.39 is 5.97 Å². The van der Waals surface area contributed by atoms with Gasteiger partial charge in [-0.25, -0.2) is 4.98 Å². The summed E-state index contributed by atoms with van der Waals surface area (Å²) in [5.41, 5.74) is 3.24. The molecular formula is C22H21ClN4O4. The van der Waals surface area contributed by atoms with Crippen LogP contribution in [0.4, 0.5) is 0 Å². The lowest BCUT2D eigenvalue weighted by Gasteiger charge is -2.09. The molecule has 4 aromatic rings. The molecule has 8 nitrogen and oxygen atoms in total. The third kappa shape index (κ3) is 4.25. The average molecular weight is 441 g/mol. The first-order valence-corrected chi connectivity index (χ1v) is 10.2. The van der Waals surface area contributed by atoms with Gasteiger partial charge >= 0.3 is 5.97 Å². The van der Waals surface area contributed by atoms with Crippen LogP contribution in [0.25, 0.3) is 33.7 Å². The summed E-state index contributed by atoms with van der Waals surface area (Å²) in [7, 11) is 1.91. The van der Waals surface area contributed by atoms with Crippen molar-refractivity contribution in [3.8, 4) is 28.7 Å². The summed E-state index contributed by atoms with van der Waals surface area (Å²) in [6.07, 6.45) is 3.99. The standard InChI is InChI=1S/C22H21ClN4O4/c1-12(2)30-22-17(23)9-14(10-24-22)21-25-20(26-31-21)16-6-4-5-15-13(7-8-18(28)29)11-27(3)19(15)16/h4-6,9-12H,7-8H2,1-3H3,(H,28,29). The van der Waals surface area contributed by atoms with Gasteiger partial charge in [-0.2, -0.15) is 4.98 Å². The molecule has 0 saturated heterocycles. The van der Waals surface area contributed by atoms with Crippen molar-refractivity contribution in [2.75, 3.05) is 0 Å². The van der Waals surface area contributed by atoms with Crippen molar-refractivity contribution in [2.45, 2.75) is 32.8 Å². The fourth-order valence-electron chi connectivity index (χ4n) is 3.47. The van der Waals surface area contributed by atoms with Gasteiger partial charge in [-0.15, -0.1) is 0 Å². The highest BCUT2D eigenvalue weighted by Gasteiger charge is 2.18. The smallest absolute Gasteiger partial charge is 0.303 e. The monoisotopic (exact) mass is 440 g/mol. The Morgan fingerprint density at radius 3 is 2.87 bits per heavy atom. The highest BCUT2D eigenvalue weighted by atomic mass is 35.5. The molecule has 0 fully saturated rings. The molecule has 0 atom stereocenters. The highest BCUT2D eigenvalue weighted by molar-refractivity contribution is 6.32. The van der Waals surface area contributed by atoms with Crippen molar-refractivity contribution >= 4 is 28.5 Å². The molecule has 0 amide bonds. The molecule has 0 radical (unpaired) electrons. The van der Waals surface area contributed by atoms with E-state index in [9.17, 15) is 4.79 Å². The van der Waals surface area contributed by atoms with E-state index in [2.05, 4.69) is 15.1 Å². The van der Waals surface area contributed by atoms with Gasteiger partial charge in [0, 0.05) is 36.8 Å². The van der Waals surface area contributed by atoms with Gasteiger partial charge in [0.1, 0.15) is 5.02 Å². The van der Waals surface area contributed by atoms with Crippen molar-refractivity contribution in [1.82, 2.24) is 19.7 Å². The molecule has 1 N–H and O–H groups in total. The lowest BCUT2D eigenvalue weighted by atomic mass is 10.1. The van der Waals surface area contributed by atoms with Gasteiger partial charge in [0.2, 0.25) is 11.7 Å². The van der Waals surface area contributed by atoms with Crippen molar-refractivity contribution in [2.24, 2.45) is 7.05 Å². The minimum absolute atomic E-state index is 0.0444. The van der Waals surface area contributed by atoms with Crippen LogP contribution in [0, 0.1) is 0 Å². The first kappa shape index (κ1) is 20.9. The summed E-state index contributed by atoms with van der Waals surface area (Å²) in [6, 6.07) is 7.45. The Kier molecular flexibility index (Phi) is 5.65. The third-order valence-electron chi connectivity index (χ3n) is 4.76. The number of fused-ring (bicyclic) bond motifs is 1. The normalized spacial score (nSPS) is 11.4. The topological polar surface area (TPSA) is 103 Å². The zero-order chi connectivity index (χ0) is 22.1. The molecule has 0 unspecified atom stereocenters. The average Bonchev–Trinajstić information content (AvgIpc) is 3.33. The number of rotatable bonds is 7. The van der Waals surface area contributed by atoms with Gasteiger partial charge in [-0.1, -0.05) is 28.9 Å². The van der Waals surface area contributed by atoms with E-state index in [0.29, 0.717) is 28.7 Å². The van der Waals surface area contributed by atoms with Crippen LogP contribution in [0.15, 0.2) is 41.2 Å². The Morgan fingerprint density at radius 1 is 1.35 bits per heavy atom. The number of carbonyl (C=O) groups is 1. The summed E-state index contributed by atoms with van der Waals surface area (Å²) in [5.74, 6) is 0.235. The van der Waals surface area contributed by atoms with E-state index in [0.717, 1.165) is 22.0 Å². The van der Waals surface area contributed by atoms with Crippen LogP contribution in [0.1, 0.15) is 25.8 Å². The number of carboxylic acid groups (broad SMARTS) is 1. The minimum atomic E-state index is -0.826. The van der Waals surface area contributed by atoms with Crippen LogP contribution in [0.3, 0.4) is 0 Å². The Bertz CT molecular complexity index is 1260. The quantitative estimate of drug-likeness (QED) is 0.442. The van der Waals surface area contributed by atoms with Gasteiger partial charge in [-0.05, 0) is 38.0 Å². The summed E-state index contributed by atoms with van der Waals surface area (Å²) >= 11 is 6.28. The second-order valence-corrected chi connectivity index (χ2v) is 7.87. The molecule has 160 valence electrons. The van der Waals surface area contributed by atoms with Crippen LogP contribution < -0.4 is 4.74 Å². The maximum absolute atomic E-state index is 11.0. The molecule has 0 spiro atoms. The Labute approximate surface area is 183 Å². The molecule has 3 heterocycles. The number of carboxylic acids is 1. The molecule has 1 aromatic carbocycles. The van der Waals surface area contributed by atoms with Crippen molar-refractivity contribution in [3.05, 3.63) is 47.2 Å². The van der Waals surface area contributed by atoms with Crippen LogP contribution in [0.2, 0.25) is 5.02 Å². The summed E-state index contributed by atoms with van der Waals surface area (Å²) in [6.45, 7) is 3.79. The number of hydrogen-bond acceptors (Lipinski definition) is 6. The molecule has 0 saturated carbocycles. The van der Waals surface area contributed by atoms with Crippen LogP contribution in [0.5, 0.6) is 5.88 Å². The molecule has 0 aliphatic rings. The predicted molar refractivity (Wildman–Crippen MR) is 116 cm³/mol. The number of aromatic nitrogens is 4. The lowest BCUT2D eigenvalue weighted by Crippen LogP contribution is -2.07. The number of aliphatic carboxylic acids is 1. The van der Waals surface area contributed by atoms with Crippen molar-refractivity contribution < 1.29 is 19.2 Å².